The Kier molecular flexibility index (Phi) is 6.12. The molecule has 118 valence electrons. The van der Waals surface area contributed by atoms with Crippen LogP contribution in [0.3, 0.4) is 0 Å². The van der Waals surface area contributed by atoms with Gasteiger partial charge in [-0.1, -0.05) is 50.0 Å². The van der Waals surface area contributed by atoms with Gasteiger partial charge in [-0.15, -0.1) is 0 Å². The van der Waals surface area contributed by atoms with E-state index in [4.69, 9.17) is 0 Å². The van der Waals surface area contributed by atoms with Crippen LogP contribution in [0, 0.1) is 5.92 Å². The van der Waals surface area contributed by atoms with Crippen LogP contribution in [0.15, 0.2) is 22.7 Å². The number of rotatable bonds is 5. The number of aryl methyl sites for hydroxylation is 1. The molecule has 3 unspecified atom stereocenters. The molecular weight excluding hydrogens is 324 g/mol. The Morgan fingerprint density at radius 1 is 1.33 bits per heavy atom. The van der Waals surface area contributed by atoms with Gasteiger partial charge in [0.25, 0.3) is 0 Å². The molecule has 3 heteroatoms. The number of halogens is 1. The Hall–Kier alpha value is -0.540. The maximum Gasteiger partial charge on any atom is 0.0412 e. The van der Waals surface area contributed by atoms with E-state index in [1.54, 1.807) is 0 Å². The average molecular weight is 353 g/mol. The first-order chi connectivity index (χ1) is 10.1. The molecule has 1 fully saturated rings. The summed E-state index contributed by atoms with van der Waals surface area (Å²) in [6.45, 7) is 11.4. The number of benzene rings is 1. The van der Waals surface area contributed by atoms with Crippen LogP contribution in [-0.4, -0.2) is 25.2 Å². The van der Waals surface area contributed by atoms with Crippen molar-refractivity contribution >= 4 is 21.6 Å². The molecule has 1 heterocycles. The van der Waals surface area contributed by atoms with Crippen LogP contribution in [0.1, 0.15) is 46.1 Å². The van der Waals surface area contributed by atoms with Gasteiger partial charge in [-0.3, -0.25) is 0 Å². The lowest BCUT2D eigenvalue weighted by atomic mass is 9.93. The van der Waals surface area contributed by atoms with Crippen LogP contribution < -0.4 is 10.2 Å². The minimum Gasteiger partial charge on any atom is -0.365 e. The largest absolute Gasteiger partial charge is 0.365 e. The second kappa shape index (κ2) is 7.64. The molecule has 1 aliphatic heterocycles. The molecule has 0 amide bonds. The molecule has 0 aromatic heterocycles. The maximum absolute atomic E-state index is 3.77. The van der Waals surface area contributed by atoms with E-state index in [1.165, 1.54) is 28.6 Å². The highest BCUT2D eigenvalue weighted by atomic mass is 79.9. The van der Waals surface area contributed by atoms with Crippen LogP contribution in [0.5, 0.6) is 0 Å². The summed E-state index contributed by atoms with van der Waals surface area (Å²) in [6.07, 6.45) is 3.52. The Bertz CT molecular complexity index is 461. The molecule has 1 aromatic carbocycles. The summed E-state index contributed by atoms with van der Waals surface area (Å²) in [4.78, 5) is 2.65. The van der Waals surface area contributed by atoms with Crippen molar-refractivity contribution in [2.75, 3.05) is 18.0 Å². The molecular formula is C18H29BrN2. The standard InChI is InChI=1S/C18H29BrN2/c1-5-13(4)17-12-21(16(7-3)11-20-17)18-9-8-15(19)10-14(18)6-2/h8-10,13,16-17,20H,5-7,11-12H2,1-4H3. The van der Waals surface area contributed by atoms with Crippen LogP contribution in [0.25, 0.3) is 0 Å². The first kappa shape index (κ1) is 16.8. The van der Waals surface area contributed by atoms with Gasteiger partial charge < -0.3 is 10.2 Å². The van der Waals surface area contributed by atoms with E-state index in [-0.39, 0.29) is 0 Å². The molecule has 21 heavy (non-hydrogen) atoms. The SMILES string of the molecule is CCc1cc(Br)ccc1N1CC(C(C)CC)NCC1CC. The van der Waals surface area contributed by atoms with Gasteiger partial charge in [-0.2, -0.15) is 0 Å². The second-order valence-corrected chi connectivity index (χ2v) is 7.16. The minimum absolute atomic E-state index is 0.603. The van der Waals surface area contributed by atoms with Crippen molar-refractivity contribution in [1.29, 1.82) is 0 Å². The Morgan fingerprint density at radius 2 is 2.10 bits per heavy atom. The molecule has 0 saturated carbocycles. The minimum atomic E-state index is 0.603. The number of hydrogen-bond donors (Lipinski definition) is 1. The highest BCUT2D eigenvalue weighted by Crippen LogP contribution is 2.30. The molecule has 1 saturated heterocycles. The van der Waals surface area contributed by atoms with Gasteiger partial charge in [0.1, 0.15) is 0 Å². The normalized spacial score (nSPS) is 24.1. The smallest absolute Gasteiger partial charge is 0.0412 e. The van der Waals surface area contributed by atoms with E-state index in [9.17, 15) is 0 Å². The number of nitrogens with one attached hydrogen (secondary N) is 1. The predicted molar refractivity (Wildman–Crippen MR) is 96.2 cm³/mol. The Labute approximate surface area is 138 Å². The molecule has 0 spiro atoms. The fourth-order valence-electron chi connectivity index (χ4n) is 3.27. The highest BCUT2D eigenvalue weighted by Gasteiger charge is 2.30. The quantitative estimate of drug-likeness (QED) is 0.831. The molecule has 0 radical (unpaired) electrons. The fraction of sp³-hybridized carbons (Fsp3) is 0.667. The van der Waals surface area contributed by atoms with E-state index in [0.29, 0.717) is 12.1 Å². The van der Waals surface area contributed by atoms with E-state index >= 15 is 0 Å². The number of hydrogen-bond acceptors (Lipinski definition) is 2. The van der Waals surface area contributed by atoms with Crippen molar-refractivity contribution in [2.24, 2.45) is 5.92 Å². The fourth-order valence-corrected chi connectivity index (χ4v) is 3.67. The summed E-state index contributed by atoms with van der Waals surface area (Å²) in [7, 11) is 0. The summed E-state index contributed by atoms with van der Waals surface area (Å²) < 4.78 is 1.18. The Balaban J connectivity index is 2.28. The topological polar surface area (TPSA) is 15.3 Å². The van der Waals surface area contributed by atoms with Crippen LogP contribution in [-0.2, 0) is 6.42 Å². The third-order valence-corrected chi connectivity index (χ3v) is 5.48. The summed E-state index contributed by atoms with van der Waals surface area (Å²) in [5, 5.41) is 3.77. The van der Waals surface area contributed by atoms with Crippen LogP contribution in [0.2, 0.25) is 0 Å². The van der Waals surface area contributed by atoms with Crippen LogP contribution in [0.4, 0.5) is 5.69 Å². The van der Waals surface area contributed by atoms with E-state index in [1.807, 2.05) is 0 Å². The molecule has 2 nitrogen and oxygen atoms in total. The number of anilines is 1. The predicted octanol–water partition coefficient (Wildman–Crippen LogP) is 4.61. The third-order valence-electron chi connectivity index (χ3n) is 4.98. The zero-order chi connectivity index (χ0) is 15.4. The van der Waals surface area contributed by atoms with Crippen molar-refractivity contribution in [2.45, 2.75) is 59.0 Å². The van der Waals surface area contributed by atoms with Crippen molar-refractivity contribution < 1.29 is 0 Å². The van der Waals surface area contributed by atoms with Gasteiger partial charge in [0.2, 0.25) is 0 Å². The molecule has 2 rings (SSSR count). The molecule has 0 bridgehead atoms. The lowest BCUT2D eigenvalue weighted by Crippen LogP contribution is -2.58. The van der Waals surface area contributed by atoms with Gasteiger partial charge in [0.05, 0.1) is 0 Å². The van der Waals surface area contributed by atoms with Gasteiger partial charge in [-0.25, -0.2) is 0 Å². The van der Waals surface area contributed by atoms with Gasteiger partial charge in [-0.05, 0) is 42.5 Å². The first-order valence-corrected chi connectivity index (χ1v) is 9.18. The number of piperazine rings is 1. The second-order valence-electron chi connectivity index (χ2n) is 6.24. The highest BCUT2D eigenvalue weighted by molar-refractivity contribution is 9.10. The molecule has 1 N–H and O–H groups in total. The molecule has 0 aliphatic carbocycles. The first-order valence-electron chi connectivity index (χ1n) is 8.39. The van der Waals surface area contributed by atoms with Gasteiger partial charge in [0.15, 0.2) is 0 Å². The maximum atomic E-state index is 3.77. The third kappa shape index (κ3) is 3.81. The average Bonchev–Trinajstić information content (AvgIpc) is 2.53. The summed E-state index contributed by atoms with van der Waals surface area (Å²) in [5.74, 6) is 0.728. The molecule has 1 aliphatic rings. The van der Waals surface area contributed by atoms with Crippen molar-refractivity contribution in [3.8, 4) is 0 Å². The lowest BCUT2D eigenvalue weighted by molar-refractivity contribution is 0.306. The Morgan fingerprint density at radius 3 is 2.71 bits per heavy atom. The lowest BCUT2D eigenvalue weighted by Gasteiger charge is -2.44. The summed E-state index contributed by atoms with van der Waals surface area (Å²) >= 11 is 3.61. The van der Waals surface area contributed by atoms with Crippen LogP contribution >= 0.6 is 15.9 Å². The summed E-state index contributed by atoms with van der Waals surface area (Å²) in [5.41, 5.74) is 2.88. The monoisotopic (exact) mass is 352 g/mol. The van der Waals surface area contributed by atoms with E-state index in [0.717, 1.165) is 25.4 Å². The van der Waals surface area contributed by atoms with Gasteiger partial charge >= 0.3 is 0 Å². The molecule has 3 atom stereocenters. The van der Waals surface area contributed by atoms with Crippen molar-refractivity contribution in [1.82, 2.24) is 5.32 Å². The summed E-state index contributed by atoms with van der Waals surface area (Å²) in [6, 6.07) is 7.97. The van der Waals surface area contributed by atoms with E-state index in [2.05, 4.69) is 72.0 Å². The zero-order valence-electron chi connectivity index (χ0n) is 13.8. The van der Waals surface area contributed by atoms with Crippen molar-refractivity contribution in [3.05, 3.63) is 28.2 Å². The van der Waals surface area contributed by atoms with E-state index < -0.39 is 0 Å². The number of nitrogens with zero attached hydrogens (tertiary/aromatic N) is 1. The van der Waals surface area contributed by atoms with Gasteiger partial charge in [0, 0.05) is 35.3 Å². The molecule has 1 aromatic rings. The zero-order valence-corrected chi connectivity index (χ0v) is 15.4. The van der Waals surface area contributed by atoms with Crippen molar-refractivity contribution in [3.63, 3.8) is 0 Å².